The summed E-state index contributed by atoms with van der Waals surface area (Å²) in [6.45, 7) is 1.58. The molecule has 150 valence electrons. The van der Waals surface area contributed by atoms with Gasteiger partial charge in [-0.05, 0) is 48.5 Å². The van der Waals surface area contributed by atoms with E-state index in [1.165, 1.54) is 11.8 Å². The van der Waals surface area contributed by atoms with Crippen LogP contribution >= 0.6 is 11.8 Å². The highest BCUT2D eigenvalue weighted by atomic mass is 32.2. The summed E-state index contributed by atoms with van der Waals surface area (Å²) in [5.41, 5.74) is 1.76. The number of hydrogen-bond acceptors (Lipinski definition) is 7. The maximum atomic E-state index is 12.3. The molecule has 0 unspecified atom stereocenters. The van der Waals surface area contributed by atoms with Crippen LogP contribution in [0.5, 0.6) is 11.5 Å². The molecule has 1 aliphatic heterocycles. The average Bonchev–Trinajstić information content (AvgIpc) is 3.35. The van der Waals surface area contributed by atoms with E-state index in [2.05, 4.69) is 20.4 Å². The van der Waals surface area contributed by atoms with E-state index >= 15 is 0 Å². The summed E-state index contributed by atoms with van der Waals surface area (Å²) in [6, 6.07) is 15.1. The van der Waals surface area contributed by atoms with E-state index in [1.807, 2.05) is 53.1 Å². The van der Waals surface area contributed by atoms with Crippen LogP contribution in [0.2, 0.25) is 0 Å². The number of benzene rings is 2. The summed E-state index contributed by atoms with van der Waals surface area (Å²) >= 11 is 1.38. The number of aromatic nitrogens is 3. The predicted octanol–water partition coefficient (Wildman–Crippen LogP) is 3.18. The first kappa shape index (κ1) is 19.1. The van der Waals surface area contributed by atoms with Gasteiger partial charge in [-0.2, -0.15) is 0 Å². The summed E-state index contributed by atoms with van der Waals surface area (Å²) in [5, 5.41) is 12.2. The Bertz CT molecular complexity index is 988. The third kappa shape index (κ3) is 4.14. The fourth-order valence-electron chi connectivity index (χ4n) is 3.09. The van der Waals surface area contributed by atoms with Crippen LogP contribution in [0.4, 0.5) is 17.3 Å². The third-order valence-corrected chi connectivity index (χ3v) is 5.54. The summed E-state index contributed by atoms with van der Waals surface area (Å²) < 4.78 is 12.4. The largest absolute Gasteiger partial charge is 0.497 e. The zero-order valence-electron chi connectivity index (χ0n) is 16.2. The maximum absolute atomic E-state index is 12.3. The van der Waals surface area contributed by atoms with Crippen LogP contribution < -0.4 is 19.7 Å². The lowest BCUT2D eigenvalue weighted by molar-refractivity contribution is -0.113. The van der Waals surface area contributed by atoms with E-state index in [9.17, 15) is 4.79 Å². The quantitative estimate of drug-likeness (QED) is 0.598. The fourth-order valence-corrected chi connectivity index (χ4v) is 3.85. The Morgan fingerprint density at radius 2 is 1.66 bits per heavy atom. The highest BCUT2D eigenvalue weighted by Crippen LogP contribution is 2.32. The molecule has 0 saturated carbocycles. The van der Waals surface area contributed by atoms with Crippen molar-refractivity contribution in [3.05, 3.63) is 48.5 Å². The lowest BCUT2D eigenvalue weighted by atomic mass is 10.3. The minimum absolute atomic E-state index is 0.0949. The van der Waals surface area contributed by atoms with Gasteiger partial charge < -0.3 is 19.7 Å². The Labute approximate surface area is 172 Å². The summed E-state index contributed by atoms with van der Waals surface area (Å²) in [4.78, 5) is 14.4. The zero-order chi connectivity index (χ0) is 20.2. The minimum atomic E-state index is -0.0949. The van der Waals surface area contributed by atoms with E-state index in [4.69, 9.17) is 9.47 Å². The average molecular weight is 411 g/mol. The van der Waals surface area contributed by atoms with Crippen molar-refractivity contribution < 1.29 is 14.3 Å². The molecule has 1 aliphatic rings. The van der Waals surface area contributed by atoms with Crippen molar-refractivity contribution in [2.45, 2.75) is 11.7 Å². The van der Waals surface area contributed by atoms with Gasteiger partial charge in [0, 0.05) is 24.5 Å². The van der Waals surface area contributed by atoms with E-state index in [0.29, 0.717) is 0 Å². The third-order valence-electron chi connectivity index (χ3n) is 4.58. The van der Waals surface area contributed by atoms with Crippen molar-refractivity contribution >= 4 is 35.0 Å². The molecule has 0 saturated heterocycles. The molecular weight excluding hydrogens is 390 g/mol. The van der Waals surface area contributed by atoms with Crippen LogP contribution in [0, 0.1) is 0 Å². The first-order valence-electron chi connectivity index (χ1n) is 9.09. The molecule has 0 atom stereocenters. The van der Waals surface area contributed by atoms with Crippen molar-refractivity contribution in [1.82, 2.24) is 14.8 Å². The predicted molar refractivity (Wildman–Crippen MR) is 112 cm³/mol. The van der Waals surface area contributed by atoms with E-state index < -0.39 is 0 Å². The van der Waals surface area contributed by atoms with E-state index in [1.54, 1.807) is 14.2 Å². The van der Waals surface area contributed by atoms with Crippen LogP contribution in [0.15, 0.2) is 53.7 Å². The molecule has 3 aromatic rings. The second kappa shape index (κ2) is 8.44. The monoisotopic (exact) mass is 411 g/mol. The molecule has 0 spiro atoms. The minimum Gasteiger partial charge on any atom is -0.497 e. The van der Waals surface area contributed by atoms with Crippen LogP contribution in [-0.2, 0) is 11.3 Å². The molecule has 1 aromatic heterocycles. The van der Waals surface area contributed by atoms with Gasteiger partial charge in [0.1, 0.15) is 11.5 Å². The number of rotatable bonds is 7. The van der Waals surface area contributed by atoms with Gasteiger partial charge in [-0.3, -0.25) is 9.36 Å². The van der Waals surface area contributed by atoms with E-state index in [0.717, 1.165) is 47.1 Å². The lowest BCUT2D eigenvalue weighted by Crippen LogP contribution is -2.14. The van der Waals surface area contributed by atoms with Crippen molar-refractivity contribution in [3.63, 3.8) is 0 Å². The van der Waals surface area contributed by atoms with Crippen molar-refractivity contribution in [3.8, 4) is 11.5 Å². The molecule has 29 heavy (non-hydrogen) atoms. The molecule has 4 rings (SSSR count). The second-order valence-corrected chi connectivity index (χ2v) is 7.29. The molecule has 0 radical (unpaired) electrons. The molecular formula is C20H21N5O3S. The van der Waals surface area contributed by atoms with Crippen molar-refractivity contribution in [1.29, 1.82) is 0 Å². The van der Waals surface area contributed by atoms with Gasteiger partial charge in [0.15, 0.2) is 5.16 Å². The lowest BCUT2D eigenvalue weighted by Gasteiger charge is -2.15. The highest BCUT2D eigenvalue weighted by Gasteiger charge is 2.26. The molecule has 8 nitrogen and oxygen atoms in total. The molecule has 1 amide bonds. The number of nitrogens with zero attached hydrogens (tertiary/aromatic N) is 4. The highest BCUT2D eigenvalue weighted by molar-refractivity contribution is 7.99. The summed E-state index contributed by atoms with van der Waals surface area (Å²) in [7, 11) is 3.26. The molecule has 2 heterocycles. The van der Waals surface area contributed by atoms with Gasteiger partial charge in [-0.25, -0.2) is 0 Å². The maximum Gasteiger partial charge on any atom is 0.234 e. The number of fused-ring (bicyclic) bond motifs is 1. The van der Waals surface area contributed by atoms with Gasteiger partial charge in [-0.15, -0.1) is 10.2 Å². The van der Waals surface area contributed by atoms with Gasteiger partial charge >= 0.3 is 0 Å². The number of carbonyl (C=O) groups is 1. The molecule has 0 fully saturated rings. The molecule has 0 bridgehead atoms. The molecule has 0 aliphatic carbocycles. The van der Waals surface area contributed by atoms with Gasteiger partial charge in [0.2, 0.25) is 11.9 Å². The first-order valence-corrected chi connectivity index (χ1v) is 10.1. The van der Waals surface area contributed by atoms with Gasteiger partial charge in [0.25, 0.3) is 0 Å². The van der Waals surface area contributed by atoms with Crippen molar-refractivity contribution in [2.24, 2.45) is 0 Å². The van der Waals surface area contributed by atoms with Crippen LogP contribution in [0.1, 0.15) is 0 Å². The van der Waals surface area contributed by atoms with Crippen LogP contribution in [0.3, 0.4) is 0 Å². The van der Waals surface area contributed by atoms with Gasteiger partial charge in [0.05, 0.1) is 20.0 Å². The number of amides is 1. The Hall–Kier alpha value is -3.20. The zero-order valence-corrected chi connectivity index (χ0v) is 17.0. The topological polar surface area (TPSA) is 81.5 Å². The smallest absolute Gasteiger partial charge is 0.234 e. The number of thioether (sulfide) groups is 1. The first-order chi connectivity index (χ1) is 14.2. The number of methoxy groups -OCH3 is 2. The number of anilines is 3. The fraction of sp³-hybridized carbons (Fsp3) is 0.250. The number of ether oxygens (including phenoxy) is 2. The molecule has 9 heteroatoms. The normalized spacial score (nSPS) is 12.6. The second-order valence-electron chi connectivity index (χ2n) is 6.35. The number of nitrogens with one attached hydrogen (secondary N) is 1. The Kier molecular flexibility index (Phi) is 5.57. The van der Waals surface area contributed by atoms with Crippen molar-refractivity contribution in [2.75, 3.05) is 36.7 Å². The molecule has 2 aromatic carbocycles. The summed E-state index contributed by atoms with van der Waals surface area (Å²) in [5.74, 6) is 2.51. The summed E-state index contributed by atoms with van der Waals surface area (Å²) in [6.07, 6.45) is 0. The SMILES string of the molecule is COc1ccc(NC(=O)CSc2nnc3n2CCN3c2ccc(OC)cc2)cc1. The Morgan fingerprint density at radius 3 is 2.31 bits per heavy atom. The van der Waals surface area contributed by atoms with Crippen LogP contribution in [-0.4, -0.2) is 47.2 Å². The standard InChI is InChI=1S/C20H21N5O3S/c1-27-16-7-3-14(4-8-16)21-18(26)13-29-20-23-22-19-24(11-12-25(19)20)15-5-9-17(28-2)10-6-15/h3-10H,11-13H2,1-2H3,(H,21,26). The Balaban J connectivity index is 1.37. The number of hydrogen-bond donors (Lipinski definition) is 1. The van der Waals surface area contributed by atoms with E-state index in [-0.39, 0.29) is 11.7 Å². The van der Waals surface area contributed by atoms with Crippen LogP contribution in [0.25, 0.3) is 0 Å². The number of carbonyl (C=O) groups excluding carboxylic acids is 1. The van der Waals surface area contributed by atoms with Gasteiger partial charge in [-0.1, -0.05) is 11.8 Å². The Morgan fingerprint density at radius 1 is 1.00 bits per heavy atom. The molecule has 1 N–H and O–H groups in total.